The Hall–Kier alpha value is -0.610. The van der Waals surface area contributed by atoms with Crippen molar-refractivity contribution in [3.8, 4) is 5.88 Å². The second-order valence-electron chi connectivity index (χ2n) is 2.76. The maximum atomic E-state index is 9.49. The summed E-state index contributed by atoms with van der Waals surface area (Å²) in [5.41, 5.74) is 1.73. The number of hydrogen-bond donors (Lipinski definition) is 1. The first-order valence-electron chi connectivity index (χ1n) is 3.93. The topological polar surface area (TPSA) is 42.4 Å². The van der Waals surface area contributed by atoms with E-state index in [2.05, 4.69) is 20.9 Å². The van der Waals surface area contributed by atoms with E-state index in [1.165, 1.54) is 0 Å². The maximum absolute atomic E-state index is 9.49. The van der Waals surface area contributed by atoms with Crippen molar-refractivity contribution in [2.75, 3.05) is 12.4 Å². The van der Waals surface area contributed by atoms with Crippen LogP contribution in [0.2, 0.25) is 0 Å². The number of aliphatic hydroxyl groups is 1. The van der Waals surface area contributed by atoms with Crippen molar-refractivity contribution in [2.24, 2.45) is 0 Å². The normalized spacial score (nSPS) is 12.6. The summed E-state index contributed by atoms with van der Waals surface area (Å²) in [6.45, 7) is 1.90. The zero-order valence-electron chi connectivity index (χ0n) is 7.62. The molecule has 0 aliphatic carbocycles. The molecule has 0 aliphatic heterocycles. The van der Waals surface area contributed by atoms with Crippen LogP contribution in [-0.4, -0.2) is 22.5 Å². The molecular formula is C9H12BrNO2. The number of hydrogen-bond acceptors (Lipinski definition) is 3. The summed E-state index contributed by atoms with van der Waals surface area (Å²) in [5.74, 6) is 0.602. The molecular weight excluding hydrogens is 234 g/mol. The van der Waals surface area contributed by atoms with Gasteiger partial charge >= 0.3 is 0 Å². The van der Waals surface area contributed by atoms with Crippen LogP contribution in [0, 0.1) is 6.92 Å². The van der Waals surface area contributed by atoms with Crippen molar-refractivity contribution >= 4 is 15.9 Å². The van der Waals surface area contributed by atoms with Gasteiger partial charge in [-0.2, -0.15) is 0 Å². The number of rotatable bonds is 3. The zero-order valence-corrected chi connectivity index (χ0v) is 9.21. The van der Waals surface area contributed by atoms with Gasteiger partial charge < -0.3 is 9.84 Å². The summed E-state index contributed by atoms with van der Waals surface area (Å²) in [6.07, 6.45) is 1.12. The minimum atomic E-state index is -0.503. The first kappa shape index (κ1) is 10.5. The van der Waals surface area contributed by atoms with E-state index in [0.717, 1.165) is 11.1 Å². The van der Waals surface area contributed by atoms with Crippen molar-refractivity contribution in [1.82, 2.24) is 4.98 Å². The summed E-state index contributed by atoms with van der Waals surface area (Å²) < 4.78 is 5.01. The fourth-order valence-electron chi connectivity index (χ4n) is 1.07. The van der Waals surface area contributed by atoms with E-state index in [4.69, 9.17) is 4.74 Å². The van der Waals surface area contributed by atoms with Gasteiger partial charge in [0.2, 0.25) is 5.88 Å². The van der Waals surface area contributed by atoms with E-state index in [1.807, 2.05) is 13.0 Å². The molecule has 1 rings (SSSR count). The molecule has 0 fully saturated rings. The smallest absolute Gasteiger partial charge is 0.215 e. The zero-order chi connectivity index (χ0) is 9.84. The number of halogens is 1. The van der Waals surface area contributed by atoms with E-state index in [-0.39, 0.29) is 0 Å². The van der Waals surface area contributed by atoms with Gasteiger partial charge in [0, 0.05) is 22.7 Å². The lowest BCUT2D eigenvalue weighted by atomic mass is 10.1. The molecule has 1 aromatic rings. The fraction of sp³-hybridized carbons (Fsp3) is 0.444. The van der Waals surface area contributed by atoms with Gasteiger partial charge in [-0.05, 0) is 13.0 Å². The largest absolute Gasteiger partial charge is 0.481 e. The molecule has 0 saturated heterocycles. The van der Waals surface area contributed by atoms with Gasteiger partial charge in [-0.15, -0.1) is 0 Å². The second kappa shape index (κ2) is 4.58. The van der Waals surface area contributed by atoms with Gasteiger partial charge in [0.25, 0.3) is 0 Å². The standard InChI is InChI=1S/C9H12BrNO2/c1-6-3-7(8(12)4-10)5-11-9(6)13-2/h3,5,8,12H,4H2,1-2H3. The van der Waals surface area contributed by atoms with Gasteiger partial charge in [0.15, 0.2) is 0 Å². The molecule has 0 aromatic carbocycles. The summed E-state index contributed by atoms with van der Waals surface area (Å²) >= 11 is 3.20. The van der Waals surface area contributed by atoms with Crippen LogP contribution in [0.1, 0.15) is 17.2 Å². The number of ether oxygens (including phenoxy) is 1. The molecule has 13 heavy (non-hydrogen) atoms. The minimum absolute atomic E-state index is 0.503. The van der Waals surface area contributed by atoms with E-state index in [1.54, 1.807) is 13.3 Å². The monoisotopic (exact) mass is 245 g/mol. The summed E-state index contributed by atoms with van der Waals surface area (Å²) in [6, 6.07) is 1.87. The van der Waals surface area contributed by atoms with E-state index < -0.39 is 6.10 Å². The molecule has 1 aromatic heterocycles. The Balaban J connectivity index is 2.95. The number of pyridine rings is 1. The lowest BCUT2D eigenvalue weighted by Gasteiger charge is -2.09. The van der Waals surface area contributed by atoms with Crippen molar-refractivity contribution in [3.05, 3.63) is 23.4 Å². The molecule has 1 atom stereocenters. The maximum Gasteiger partial charge on any atom is 0.215 e. The van der Waals surface area contributed by atoms with Gasteiger partial charge in [0.1, 0.15) is 0 Å². The van der Waals surface area contributed by atoms with Crippen molar-refractivity contribution in [2.45, 2.75) is 13.0 Å². The molecule has 0 bridgehead atoms. The molecule has 0 aliphatic rings. The Bertz CT molecular complexity index is 291. The first-order valence-corrected chi connectivity index (χ1v) is 5.05. The van der Waals surface area contributed by atoms with Gasteiger partial charge in [-0.3, -0.25) is 0 Å². The van der Waals surface area contributed by atoms with Crippen molar-refractivity contribution in [3.63, 3.8) is 0 Å². The Morgan fingerprint density at radius 1 is 1.69 bits per heavy atom. The average molecular weight is 246 g/mol. The molecule has 0 amide bonds. The highest BCUT2D eigenvalue weighted by Gasteiger charge is 2.08. The lowest BCUT2D eigenvalue weighted by molar-refractivity contribution is 0.204. The Morgan fingerprint density at radius 2 is 2.38 bits per heavy atom. The Morgan fingerprint density at radius 3 is 2.85 bits per heavy atom. The Labute approximate surface area is 85.9 Å². The number of alkyl halides is 1. The molecule has 1 unspecified atom stereocenters. The molecule has 0 saturated carbocycles. The van der Waals surface area contributed by atoms with E-state index in [9.17, 15) is 5.11 Å². The van der Waals surface area contributed by atoms with E-state index >= 15 is 0 Å². The van der Waals surface area contributed by atoms with Crippen LogP contribution in [0.25, 0.3) is 0 Å². The van der Waals surface area contributed by atoms with Gasteiger partial charge in [-0.1, -0.05) is 15.9 Å². The lowest BCUT2D eigenvalue weighted by Crippen LogP contribution is -2.01. The quantitative estimate of drug-likeness (QED) is 0.827. The van der Waals surface area contributed by atoms with Crippen LogP contribution in [0.3, 0.4) is 0 Å². The SMILES string of the molecule is COc1ncc(C(O)CBr)cc1C. The summed E-state index contributed by atoms with van der Waals surface area (Å²) in [5, 5.41) is 10.0. The average Bonchev–Trinajstić information content (AvgIpc) is 2.16. The number of nitrogens with zero attached hydrogens (tertiary/aromatic N) is 1. The third kappa shape index (κ3) is 2.42. The van der Waals surface area contributed by atoms with E-state index in [0.29, 0.717) is 11.2 Å². The van der Waals surface area contributed by atoms with Crippen molar-refractivity contribution in [1.29, 1.82) is 0 Å². The number of aliphatic hydroxyl groups excluding tert-OH is 1. The predicted octanol–water partition coefficient (Wildman–Crippen LogP) is 1.83. The van der Waals surface area contributed by atoms with Gasteiger partial charge in [0.05, 0.1) is 13.2 Å². The van der Waals surface area contributed by atoms with Gasteiger partial charge in [-0.25, -0.2) is 4.98 Å². The number of aryl methyl sites for hydroxylation is 1. The van der Waals surface area contributed by atoms with Crippen LogP contribution < -0.4 is 4.74 Å². The number of aromatic nitrogens is 1. The Kier molecular flexibility index (Phi) is 3.69. The van der Waals surface area contributed by atoms with Crippen LogP contribution >= 0.6 is 15.9 Å². The molecule has 0 radical (unpaired) electrons. The summed E-state index contributed by atoms with van der Waals surface area (Å²) in [7, 11) is 1.58. The molecule has 0 spiro atoms. The molecule has 4 heteroatoms. The highest BCUT2D eigenvalue weighted by atomic mass is 79.9. The molecule has 1 N–H and O–H groups in total. The minimum Gasteiger partial charge on any atom is -0.481 e. The van der Waals surface area contributed by atoms with Crippen LogP contribution in [0.15, 0.2) is 12.3 Å². The third-order valence-electron chi connectivity index (χ3n) is 1.78. The summed E-state index contributed by atoms with van der Waals surface area (Å²) in [4.78, 5) is 4.06. The van der Waals surface area contributed by atoms with Crippen LogP contribution in [0.4, 0.5) is 0 Å². The molecule has 3 nitrogen and oxygen atoms in total. The third-order valence-corrected chi connectivity index (χ3v) is 2.39. The fourth-order valence-corrected chi connectivity index (χ4v) is 1.44. The molecule has 72 valence electrons. The first-order chi connectivity index (χ1) is 6.19. The predicted molar refractivity (Wildman–Crippen MR) is 54.3 cm³/mol. The van der Waals surface area contributed by atoms with Crippen LogP contribution in [-0.2, 0) is 0 Å². The second-order valence-corrected chi connectivity index (χ2v) is 3.41. The highest BCUT2D eigenvalue weighted by Crippen LogP contribution is 2.20. The highest BCUT2D eigenvalue weighted by molar-refractivity contribution is 9.09. The number of methoxy groups -OCH3 is 1. The van der Waals surface area contributed by atoms with Crippen molar-refractivity contribution < 1.29 is 9.84 Å². The van der Waals surface area contributed by atoms with Crippen LogP contribution in [0.5, 0.6) is 5.88 Å². The molecule has 1 heterocycles.